The average molecular weight is 609 g/mol. The van der Waals surface area contributed by atoms with Gasteiger partial charge in [0.05, 0.1) is 18.2 Å². The average Bonchev–Trinajstić information content (AvgIpc) is 3.39. The Morgan fingerprint density at radius 1 is 1.18 bits per heavy atom. The molecule has 11 nitrogen and oxygen atoms in total. The molecule has 230 valence electrons. The Labute approximate surface area is 250 Å². The van der Waals surface area contributed by atoms with Gasteiger partial charge in [-0.1, -0.05) is 0 Å². The number of alkyl halides is 3. The maximum absolute atomic E-state index is 13.1. The number of rotatable bonds is 6. The number of piperidine rings is 1. The van der Waals surface area contributed by atoms with Crippen LogP contribution in [0.3, 0.4) is 0 Å². The van der Waals surface area contributed by atoms with E-state index in [0.717, 1.165) is 43.5 Å². The zero-order valence-corrected chi connectivity index (χ0v) is 24.1. The zero-order chi connectivity index (χ0) is 31.2. The van der Waals surface area contributed by atoms with E-state index in [-0.39, 0.29) is 47.7 Å². The summed E-state index contributed by atoms with van der Waals surface area (Å²) >= 11 is 0. The molecule has 0 radical (unpaired) electrons. The van der Waals surface area contributed by atoms with Crippen molar-refractivity contribution in [2.24, 2.45) is 0 Å². The summed E-state index contributed by atoms with van der Waals surface area (Å²) in [4.78, 5) is 41.1. The second kappa shape index (κ2) is 11.4. The minimum atomic E-state index is -4.58. The number of halogens is 3. The van der Waals surface area contributed by atoms with E-state index in [9.17, 15) is 22.8 Å². The normalized spacial score (nSPS) is 20.4. The van der Waals surface area contributed by atoms with Crippen LogP contribution in [0, 0.1) is 0 Å². The van der Waals surface area contributed by atoms with Gasteiger partial charge in [0.15, 0.2) is 0 Å². The first kappa shape index (κ1) is 29.4. The molecule has 44 heavy (non-hydrogen) atoms. The molecule has 2 saturated heterocycles. The first-order chi connectivity index (χ1) is 21.0. The Morgan fingerprint density at radius 2 is 2.00 bits per heavy atom. The van der Waals surface area contributed by atoms with Crippen LogP contribution in [0.5, 0.6) is 5.75 Å². The minimum Gasteiger partial charge on any atom is -0.493 e. The number of fused-ring (bicyclic) bond motifs is 2. The SMILES string of the molecule is CCOc1cc(C(=O)Nc2cc(C(F)(F)F)ccn2)ccc1-c1nc([C@@H]2CC[C@H]3CN[C@H](C)C(=O)N3C2)n2ccnc(N)c12. The first-order valence-electron chi connectivity index (χ1n) is 14.3. The Bertz CT molecular complexity index is 1740. The van der Waals surface area contributed by atoms with E-state index >= 15 is 0 Å². The predicted octanol–water partition coefficient (Wildman–Crippen LogP) is 4.11. The molecule has 1 aromatic carbocycles. The maximum atomic E-state index is 13.1. The van der Waals surface area contributed by atoms with Crippen LogP contribution < -0.4 is 21.1 Å². The fraction of sp³-hybridized carbons (Fsp3) is 0.367. The highest BCUT2D eigenvalue weighted by Gasteiger charge is 2.39. The van der Waals surface area contributed by atoms with Crippen molar-refractivity contribution in [2.75, 3.05) is 30.7 Å². The van der Waals surface area contributed by atoms with Gasteiger partial charge in [0.2, 0.25) is 5.91 Å². The van der Waals surface area contributed by atoms with Crippen molar-refractivity contribution in [1.29, 1.82) is 0 Å². The largest absolute Gasteiger partial charge is 0.493 e. The highest BCUT2D eigenvalue weighted by Crippen LogP contribution is 2.39. The molecular formula is C30H31F3N8O3. The van der Waals surface area contributed by atoms with Crippen LogP contribution in [0.2, 0.25) is 0 Å². The van der Waals surface area contributed by atoms with E-state index in [1.165, 1.54) is 12.1 Å². The molecule has 3 aromatic heterocycles. The number of carbonyl (C=O) groups excluding carboxylic acids is 2. The number of nitrogens with two attached hydrogens (primary N) is 1. The van der Waals surface area contributed by atoms with Crippen LogP contribution in [-0.4, -0.2) is 67.8 Å². The molecule has 5 heterocycles. The lowest BCUT2D eigenvalue weighted by Gasteiger charge is -2.44. The van der Waals surface area contributed by atoms with E-state index in [1.807, 2.05) is 16.2 Å². The number of aromatic nitrogens is 4. The zero-order valence-electron chi connectivity index (χ0n) is 24.1. The van der Waals surface area contributed by atoms with E-state index in [4.69, 9.17) is 15.5 Å². The summed E-state index contributed by atoms with van der Waals surface area (Å²) in [7, 11) is 0. The number of hydrogen-bond donors (Lipinski definition) is 3. The van der Waals surface area contributed by atoms with Gasteiger partial charge in [-0.2, -0.15) is 13.2 Å². The van der Waals surface area contributed by atoms with Crippen molar-refractivity contribution < 1.29 is 27.5 Å². The molecule has 2 amide bonds. The van der Waals surface area contributed by atoms with Gasteiger partial charge >= 0.3 is 6.18 Å². The van der Waals surface area contributed by atoms with Crippen LogP contribution >= 0.6 is 0 Å². The molecule has 14 heteroatoms. The van der Waals surface area contributed by atoms with Crippen LogP contribution in [0.1, 0.15) is 54.4 Å². The molecule has 0 unspecified atom stereocenters. The molecule has 0 spiro atoms. The number of pyridine rings is 1. The fourth-order valence-corrected chi connectivity index (χ4v) is 5.93. The number of hydrogen-bond acceptors (Lipinski definition) is 8. The highest BCUT2D eigenvalue weighted by atomic mass is 19.4. The second-order valence-electron chi connectivity index (χ2n) is 10.9. The predicted molar refractivity (Wildman–Crippen MR) is 156 cm³/mol. The van der Waals surface area contributed by atoms with Crippen molar-refractivity contribution in [2.45, 2.75) is 50.9 Å². The highest BCUT2D eigenvalue weighted by molar-refractivity contribution is 6.04. The summed E-state index contributed by atoms with van der Waals surface area (Å²) in [6, 6.07) is 6.20. The van der Waals surface area contributed by atoms with Crippen LogP contribution in [0.15, 0.2) is 48.9 Å². The van der Waals surface area contributed by atoms with E-state index in [2.05, 4.69) is 20.6 Å². The number of anilines is 2. The number of imidazole rings is 1. The molecule has 6 rings (SSSR count). The number of amides is 2. The summed E-state index contributed by atoms with van der Waals surface area (Å²) in [6.07, 6.45) is 1.45. The molecular weight excluding hydrogens is 577 g/mol. The van der Waals surface area contributed by atoms with Crippen molar-refractivity contribution in [3.05, 3.63) is 65.9 Å². The second-order valence-corrected chi connectivity index (χ2v) is 10.9. The molecule has 4 N–H and O–H groups in total. The number of piperazine rings is 1. The molecule has 2 fully saturated rings. The Hall–Kier alpha value is -4.72. The number of benzene rings is 1. The number of nitrogens with zero attached hydrogens (tertiary/aromatic N) is 5. The third-order valence-corrected chi connectivity index (χ3v) is 8.12. The van der Waals surface area contributed by atoms with Gasteiger partial charge in [-0.05, 0) is 57.0 Å². The van der Waals surface area contributed by atoms with Crippen molar-refractivity contribution >= 4 is 29.0 Å². The lowest BCUT2D eigenvalue weighted by Crippen LogP contribution is -2.61. The topological polar surface area (TPSA) is 140 Å². The van der Waals surface area contributed by atoms with Gasteiger partial charge in [-0.25, -0.2) is 15.0 Å². The van der Waals surface area contributed by atoms with Gasteiger partial charge in [0, 0.05) is 54.8 Å². The smallest absolute Gasteiger partial charge is 0.416 e. The van der Waals surface area contributed by atoms with Crippen molar-refractivity contribution in [3.8, 4) is 17.0 Å². The molecule has 3 atom stereocenters. The van der Waals surface area contributed by atoms with Crippen molar-refractivity contribution in [3.63, 3.8) is 0 Å². The van der Waals surface area contributed by atoms with E-state index < -0.39 is 17.6 Å². The van der Waals surface area contributed by atoms with E-state index in [1.54, 1.807) is 25.4 Å². The quantitative estimate of drug-likeness (QED) is 0.297. The minimum absolute atomic E-state index is 0.0518. The molecule has 0 aliphatic carbocycles. The Balaban J connectivity index is 1.35. The van der Waals surface area contributed by atoms with Crippen LogP contribution in [0.25, 0.3) is 16.8 Å². The standard InChI is InChI=1S/C30H31F3N8O3/c1-3-44-22-12-17(28(42)38-23-13-19(8-9-35-23)30(31,32)33)5-7-21(22)24-25-26(34)36-10-11-40(25)27(39-24)18-4-6-20-14-37-16(2)29(43)41(20)15-18/h5,7-13,16,18,20,37H,3-4,6,14-15H2,1-2H3,(H2,34,36)(H,35,38,42)/t16-,18-,20+/m1/s1. The van der Waals surface area contributed by atoms with Gasteiger partial charge < -0.3 is 26.0 Å². The third kappa shape index (κ3) is 5.41. The number of nitrogen functional groups attached to an aromatic ring is 1. The molecule has 0 bridgehead atoms. The summed E-state index contributed by atoms with van der Waals surface area (Å²) in [6.45, 7) is 5.21. The van der Waals surface area contributed by atoms with Crippen LogP contribution in [-0.2, 0) is 11.0 Å². The maximum Gasteiger partial charge on any atom is 0.416 e. The Kier molecular flexibility index (Phi) is 7.61. The van der Waals surface area contributed by atoms with Crippen LogP contribution in [0.4, 0.5) is 24.8 Å². The fourth-order valence-electron chi connectivity index (χ4n) is 5.93. The van der Waals surface area contributed by atoms with Gasteiger partial charge in [-0.15, -0.1) is 0 Å². The summed E-state index contributed by atoms with van der Waals surface area (Å²) in [5.74, 6) is 0.449. The number of carbonyl (C=O) groups is 2. The monoisotopic (exact) mass is 608 g/mol. The number of ether oxygens (including phenoxy) is 1. The molecule has 4 aromatic rings. The lowest BCUT2D eigenvalue weighted by atomic mass is 9.90. The van der Waals surface area contributed by atoms with Gasteiger partial charge in [-0.3, -0.25) is 14.0 Å². The summed E-state index contributed by atoms with van der Waals surface area (Å²) in [5.41, 5.74) is 7.23. The van der Waals surface area contributed by atoms with Gasteiger partial charge in [0.25, 0.3) is 5.91 Å². The third-order valence-electron chi connectivity index (χ3n) is 8.12. The molecule has 2 aliphatic heterocycles. The molecule has 0 saturated carbocycles. The first-order valence-corrected chi connectivity index (χ1v) is 14.3. The summed E-state index contributed by atoms with van der Waals surface area (Å²) in [5, 5.41) is 5.70. The lowest BCUT2D eigenvalue weighted by molar-refractivity contribution is -0.140. The van der Waals surface area contributed by atoms with Gasteiger partial charge in [0.1, 0.15) is 34.4 Å². The van der Waals surface area contributed by atoms with Crippen molar-refractivity contribution in [1.82, 2.24) is 29.6 Å². The Morgan fingerprint density at radius 3 is 2.77 bits per heavy atom. The molecule has 2 aliphatic rings. The number of nitrogens with one attached hydrogen (secondary N) is 2. The summed E-state index contributed by atoms with van der Waals surface area (Å²) < 4.78 is 47.2. The van der Waals surface area contributed by atoms with E-state index in [0.29, 0.717) is 29.1 Å².